The summed E-state index contributed by atoms with van der Waals surface area (Å²) in [6, 6.07) is 17.2. The van der Waals surface area contributed by atoms with Crippen LogP contribution < -0.4 is 0 Å². The number of furan rings is 1. The van der Waals surface area contributed by atoms with Crippen LogP contribution in [-0.4, -0.2) is 16.2 Å². The van der Waals surface area contributed by atoms with Crippen molar-refractivity contribution in [2.24, 2.45) is 0 Å². The minimum atomic E-state index is -0.727. The number of carbonyl (C=O) groups excluding carboxylic acids is 1. The Labute approximate surface area is 178 Å². The van der Waals surface area contributed by atoms with Crippen LogP contribution in [0.25, 0.3) is 28.9 Å². The van der Waals surface area contributed by atoms with E-state index in [1.165, 1.54) is 18.2 Å². The highest BCUT2D eigenvalue weighted by Crippen LogP contribution is 2.26. The molecule has 6 nitrogen and oxygen atoms in total. The zero-order chi connectivity index (χ0) is 21.8. The summed E-state index contributed by atoms with van der Waals surface area (Å²) in [5, 5.41) is 7.96. The van der Waals surface area contributed by atoms with Crippen LogP contribution in [0, 0.1) is 12.7 Å². The summed E-state index contributed by atoms with van der Waals surface area (Å²) >= 11 is 0. The number of halogens is 1. The number of esters is 1. The molecule has 156 valence electrons. The van der Waals surface area contributed by atoms with E-state index in [9.17, 15) is 9.18 Å². The number of aromatic nitrogens is 2. The Bertz CT molecular complexity index is 1220. The number of nitrogens with zero attached hydrogens (tertiary/aromatic N) is 2. The van der Waals surface area contributed by atoms with Gasteiger partial charge < -0.3 is 13.6 Å². The lowest BCUT2D eigenvalue weighted by Crippen LogP contribution is -2.06. The molecule has 0 N–H and O–H groups in total. The maximum atomic E-state index is 13.9. The molecule has 0 aliphatic heterocycles. The summed E-state index contributed by atoms with van der Waals surface area (Å²) in [5.74, 6) is 0.315. The number of ether oxygens (including phenoxy) is 1. The van der Waals surface area contributed by atoms with Gasteiger partial charge in [0.1, 0.15) is 17.3 Å². The van der Waals surface area contributed by atoms with Gasteiger partial charge in [0.15, 0.2) is 6.10 Å². The van der Waals surface area contributed by atoms with Crippen molar-refractivity contribution in [2.75, 3.05) is 0 Å². The molecule has 2 aromatic heterocycles. The molecule has 2 heterocycles. The molecular formula is C24H19FN2O4. The summed E-state index contributed by atoms with van der Waals surface area (Å²) in [7, 11) is 0. The summed E-state index contributed by atoms with van der Waals surface area (Å²) in [5.41, 5.74) is 2.25. The van der Waals surface area contributed by atoms with Crippen LogP contribution in [0.3, 0.4) is 0 Å². The van der Waals surface area contributed by atoms with Gasteiger partial charge in [0, 0.05) is 11.6 Å². The second-order valence-electron chi connectivity index (χ2n) is 6.91. The normalized spacial score (nSPS) is 12.2. The predicted molar refractivity (Wildman–Crippen MR) is 112 cm³/mol. The monoisotopic (exact) mass is 418 g/mol. The van der Waals surface area contributed by atoms with Crippen molar-refractivity contribution in [3.8, 4) is 22.8 Å². The fourth-order valence-corrected chi connectivity index (χ4v) is 2.87. The number of hydrogen-bond acceptors (Lipinski definition) is 6. The van der Waals surface area contributed by atoms with Crippen LogP contribution in [0.15, 0.2) is 75.6 Å². The molecule has 0 aliphatic carbocycles. The second kappa shape index (κ2) is 8.79. The van der Waals surface area contributed by atoms with Crippen molar-refractivity contribution in [3.05, 3.63) is 89.8 Å². The van der Waals surface area contributed by atoms with Crippen LogP contribution >= 0.6 is 0 Å². The highest BCUT2D eigenvalue weighted by atomic mass is 19.1. The molecule has 4 rings (SSSR count). The third kappa shape index (κ3) is 4.78. The van der Waals surface area contributed by atoms with Gasteiger partial charge in [0.2, 0.25) is 5.89 Å². The largest absolute Gasteiger partial charge is 0.457 e. The van der Waals surface area contributed by atoms with Crippen molar-refractivity contribution >= 4 is 12.0 Å². The SMILES string of the molecule is Cc1ccc(-c2nnc([C@@H](C)OC(=O)/C=C/c3ccc(-c4ccccc4F)o3)o2)cc1. The molecule has 0 bridgehead atoms. The second-order valence-corrected chi connectivity index (χ2v) is 6.91. The molecular weight excluding hydrogens is 399 g/mol. The fraction of sp³-hybridized carbons (Fsp3) is 0.125. The van der Waals surface area contributed by atoms with E-state index < -0.39 is 12.1 Å². The third-order valence-corrected chi connectivity index (χ3v) is 4.53. The van der Waals surface area contributed by atoms with Gasteiger partial charge in [-0.3, -0.25) is 0 Å². The van der Waals surface area contributed by atoms with E-state index in [1.807, 2.05) is 31.2 Å². The number of hydrogen-bond donors (Lipinski definition) is 0. The van der Waals surface area contributed by atoms with Crippen molar-refractivity contribution in [1.29, 1.82) is 0 Å². The first kappa shape index (κ1) is 20.3. The lowest BCUT2D eigenvalue weighted by atomic mass is 10.1. The highest BCUT2D eigenvalue weighted by molar-refractivity contribution is 5.86. The van der Waals surface area contributed by atoms with Gasteiger partial charge in [-0.2, -0.15) is 0 Å². The lowest BCUT2D eigenvalue weighted by Gasteiger charge is -2.06. The fourth-order valence-electron chi connectivity index (χ4n) is 2.87. The van der Waals surface area contributed by atoms with Gasteiger partial charge in [-0.25, -0.2) is 9.18 Å². The Morgan fingerprint density at radius 1 is 1.03 bits per heavy atom. The Hall–Kier alpha value is -4.00. The zero-order valence-electron chi connectivity index (χ0n) is 16.9. The summed E-state index contributed by atoms with van der Waals surface area (Å²) in [6.07, 6.45) is 1.94. The zero-order valence-corrected chi connectivity index (χ0v) is 16.9. The van der Waals surface area contributed by atoms with Gasteiger partial charge in [-0.05, 0) is 56.3 Å². The molecule has 7 heteroatoms. The van der Waals surface area contributed by atoms with E-state index in [0.717, 1.165) is 11.1 Å². The Balaban J connectivity index is 1.38. The molecule has 0 aliphatic rings. The maximum Gasteiger partial charge on any atom is 0.331 e. The molecule has 0 fully saturated rings. The smallest absolute Gasteiger partial charge is 0.331 e. The molecule has 0 saturated carbocycles. The molecule has 0 saturated heterocycles. The topological polar surface area (TPSA) is 78.4 Å². The van der Waals surface area contributed by atoms with Crippen LogP contribution in [0.5, 0.6) is 0 Å². The molecule has 0 amide bonds. The number of benzene rings is 2. The molecule has 0 spiro atoms. The van der Waals surface area contributed by atoms with E-state index in [-0.39, 0.29) is 11.7 Å². The van der Waals surface area contributed by atoms with Crippen molar-refractivity contribution in [1.82, 2.24) is 10.2 Å². The van der Waals surface area contributed by atoms with E-state index in [1.54, 1.807) is 37.3 Å². The van der Waals surface area contributed by atoms with Crippen LogP contribution in [0.4, 0.5) is 4.39 Å². The first-order valence-electron chi connectivity index (χ1n) is 9.63. The molecule has 0 radical (unpaired) electrons. The first-order valence-corrected chi connectivity index (χ1v) is 9.63. The van der Waals surface area contributed by atoms with E-state index in [0.29, 0.717) is 23.0 Å². The molecule has 4 aromatic rings. The standard InChI is InChI=1S/C24H19FN2O4/c1-15-7-9-17(10-8-15)24-27-26-23(31-24)16(2)29-22(28)14-12-18-11-13-21(30-18)19-5-3-4-6-20(19)25/h3-14,16H,1-2H3/b14-12+/t16-/m1/s1. The van der Waals surface area contributed by atoms with Gasteiger partial charge in [0.25, 0.3) is 5.89 Å². The predicted octanol–water partition coefficient (Wildman–Crippen LogP) is 5.76. The van der Waals surface area contributed by atoms with Gasteiger partial charge in [-0.1, -0.05) is 29.8 Å². The third-order valence-electron chi connectivity index (χ3n) is 4.53. The van der Waals surface area contributed by atoms with E-state index >= 15 is 0 Å². The minimum absolute atomic E-state index is 0.192. The van der Waals surface area contributed by atoms with Crippen molar-refractivity contribution < 1.29 is 22.8 Å². The maximum absolute atomic E-state index is 13.9. The van der Waals surface area contributed by atoms with Crippen LogP contribution in [0.2, 0.25) is 0 Å². The number of carbonyl (C=O) groups is 1. The number of rotatable bonds is 6. The Morgan fingerprint density at radius 2 is 1.81 bits per heavy atom. The van der Waals surface area contributed by atoms with Gasteiger partial charge in [0.05, 0.1) is 5.56 Å². The van der Waals surface area contributed by atoms with Gasteiger partial charge >= 0.3 is 5.97 Å². The minimum Gasteiger partial charge on any atom is -0.457 e. The summed E-state index contributed by atoms with van der Waals surface area (Å²) < 4.78 is 30.4. The Kier molecular flexibility index (Phi) is 5.75. The van der Waals surface area contributed by atoms with Crippen LogP contribution in [-0.2, 0) is 9.53 Å². The molecule has 0 unspecified atom stereocenters. The first-order chi connectivity index (χ1) is 15.0. The quantitative estimate of drug-likeness (QED) is 0.293. The average molecular weight is 418 g/mol. The van der Waals surface area contributed by atoms with Gasteiger partial charge in [-0.15, -0.1) is 10.2 Å². The summed E-state index contributed by atoms with van der Waals surface area (Å²) in [4.78, 5) is 12.1. The molecule has 31 heavy (non-hydrogen) atoms. The lowest BCUT2D eigenvalue weighted by molar-refractivity contribution is -0.143. The molecule has 1 atom stereocenters. The van der Waals surface area contributed by atoms with E-state index in [4.69, 9.17) is 13.6 Å². The average Bonchev–Trinajstić information content (AvgIpc) is 3.43. The van der Waals surface area contributed by atoms with Crippen molar-refractivity contribution in [3.63, 3.8) is 0 Å². The van der Waals surface area contributed by atoms with E-state index in [2.05, 4.69) is 10.2 Å². The number of aryl methyl sites for hydroxylation is 1. The Morgan fingerprint density at radius 3 is 2.58 bits per heavy atom. The van der Waals surface area contributed by atoms with Crippen molar-refractivity contribution in [2.45, 2.75) is 20.0 Å². The molecule has 2 aromatic carbocycles. The summed E-state index contributed by atoms with van der Waals surface area (Å²) in [6.45, 7) is 3.63. The highest BCUT2D eigenvalue weighted by Gasteiger charge is 2.18. The van der Waals surface area contributed by atoms with Crippen LogP contribution in [0.1, 0.15) is 30.2 Å².